The molecule has 0 atom stereocenters. The van der Waals surface area contributed by atoms with Crippen LogP contribution >= 0.6 is 15.9 Å². The van der Waals surface area contributed by atoms with Crippen molar-refractivity contribution in [1.29, 1.82) is 0 Å². The van der Waals surface area contributed by atoms with E-state index in [2.05, 4.69) is 31.3 Å². The first-order chi connectivity index (χ1) is 4.52. The zero-order valence-electron chi connectivity index (χ0n) is 6.27. The lowest BCUT2D eigenvalue weighted by Crippen LogP contribution is -1.67. The highest BCUT2D eigenvalue weighted by molar-refractivity contribution is 9.10. The Kier molecular flexibility index (Phi) is 0.521. The Morgan fingerprint density at radius 3 is 3.00 bits per heavy atom. The van der Waals surface area contributed by atoms with E-state index < -0.39 is 6.85 Å². The Hall–Kier alpha value is -0.380. The maximum Gasteiger partial charge on any atom is 0.151 e. The molecule has 1 N–H and O–H groups in total. The molecule has 0 saturated heterocycles. The molecule has 0 saturated carbocycles. The van der Waals surface area contributed by atoms with Crippen LogP contribution in [-0.2, 0) is 0 Å². The fourth-order valence-electron chi connectivity index (χ4n) is 0.218. The molecule has 0 aromatic carbocycles. The summed E-state index contributed by atoms with van der Waals surface area (Å²) < 4.78 is 21.0. The van der Waals surface area contributed by atoms with Gasteiger partial charge in [0.05, 0.1) is 5.69 Å². The molecule has 0 aliphatic carbocycles. The lowest BCUT2D eigenvalue weighted by molar-refractivity contribution is 0.924. The van der Waals surface area contributed by atoms with Crippen molar-refractivity contribution in [3.05, 3.63) is 10.3 Å². The number of rotatable bonds is 0. The predicted molar refractivity (Wildman–Crippen MR) is 28.8 cm³/mol. The van der Waals surface area contributed by atoms with E-state index in [0.717, 1.165) is 0 Å². The second-order valence-corrected chi connectivity index (χ2v) is 1.71. The second kappa shape index (κ2) is 1.61. The summed E-state index contributed by atoms with van der Waals surface area (Å²) in [4.78, 5) is 0. The van der Waals surface area contributed by atoms with Gasteiger partial charge in [0.2, 0.25) is 0 Å². The third kappa shape index (κ3) is 0.796. The normalized spacial score (nSPS) is 17.6. The minimum atomic E-state index is -2.19. The van der Waals surface area contributed by atoms with E-state index in [4.69, 9.17) is 4.11 Å². The van der Waals surface area contributed by atoms with Gasteiger partial charge in [-0.2, -0.15) is 10.3 Å². The number of hydrogen-bond donors (Lipinski definition) is 1. The fraction of sp³-hybridized carbons (Fsp3) is 0.333. The van der Waals surface area contributed by atoms with Gasteiger partial charge in [0.15, 0.2) is 4.60 Å². The van der Waals surface area contributed by atoms with Crippen LogP contribution in [-0.4, -0.2) is 15.4 Å². The van der Waals surface area contributed by atoms with Crippen LogP contribution in [0.3, 0.4) is 0 Å². The molecule has 4 heteroatoms. The highest BCUT2D eigenvalue weighted by Crippen LogP contribution is 2.05. The number of aryl methyl sites for hydroxylation is 1. The summed E-state index contributed by atoms with van der Waals surface area (Å²) in [6, 6.07) is 0. The SMILES string of the molecule is [2H]C([2H])([2H])c1n[nH]nc1Br. The van der Waals surface area contributed by atoms with E-state index in [1.807, 2.05) is 0 Å². The van der Waals surface area contributed by atoms with Crippen LogP contribution < -0.4 is 0 Å². The zero-order valence-corrected chi connectivity index (χ0v) is 4.86. The van der Waals surface area contributed by atoms with Crippen molar-refractivity contribution in [2.24, 2.45) is 0 Å². The molecule has 7 heavy (non-hydrogen) atoms. The highest BCUT2D eigenvalue weighted by Gasteiger charge is 1.92. The quantitative estimate of drug-likeness (QED) is 0.619. The Labute approximate surface area is 53.5 Å². The van der Waals surface area contributed by atoms with Gasteiger partial charge in [0, 0.05) is 4.11 Å². The van der Waals surface area contributed by atoms with E-state index in [-0.39, 0.29) is 10.3 Å². The van der Waals surface area contributed by atoms with Gasteiger partial charge in [-0.25, -0.2) is 0 Å². The predicted octanol–water partition coefficient (Wildman–Crippen LogP) is 0.876. The summed E-state index contributed by atoms with van der Waals surface area (Å²) >= 11 is 2.94. The second-order valence-electron chi connectivity index (χ2n) is 0.963. The van der Waals surface area contributed by atoms with Crippen LogP contribution in [0.1, 0.15) is 9.81 Å². The number of nitrogens with zero attached hydrogens (tertiary/aromatic N) is 2. The van der Waals surface area contributed by atoms with E-state index in [9.17, 15) is 0 Å². The standard InChI is InChI=1S/C3H4BrN3/c1-2-3(4)6-7-5-2/h1H3,(H,5,6,7)/i1D3. The van der Waals surface area contributed by atoms with Crippen molar-refractivity contribution in [3.8, 4) is 0 Å². The summed E-state index contributed by atoms with van der Waals surface area (Å²) in [5, 5.41) is 9.14. The van der Waals surface area contributed by atoms with E-state index in [1.165, 1.54) is 0 Å². The average Bonchev–Trinajstić information content (AvgIpc) is 2.11. The monoisotopic (exact) mass is 164 g/mol. The number of nitrogens with one attached hydrogen (secondary N) is 1. The number of H-pyrrole nitrogens is 1. The van der Waals surface area contributed by atoms with Crippen molar-refractivity contribution in [3.63, 3.8) is 0 Å². The third-order valence-electron chi connectivity index (χ3n) is 0.505. The summed E-state index contributed by atoms with van der Waals surface area (Å²) in [5.41, 5.74) is -0.0347. The molecule has 0 aliphatic heterocycles. The van der Waals surface area contributed by atoms with Gasteiger partial charge in [0.25, 0.3) is 0 Å². The minimum absolute atomic E-state index is 0.0347. The van der Waals surface area contributed by atoms with Crippen LogP contribution in [0.15, 0.2) is 4.60 Å². The minimum Gasteiger partial charge on any atom is -0.197 e. The van der Waals surface area contributed by atoms with Crippen LogP contribution in [0.4, 0.5) is 0 Å². The van der Waals surface area contributed by atoms with Crippen molar-refractivity contribution in [1.82, 2.24) is 15.4 Å². The summed E-state index contributed by atoms with van der Waals surface area (Å²) in [7, 11) is 0. The van der Waals surface area contributed by atoms with Crippen LogP contribution in [0, 0.1) is 6.85 Å². The molecule has 0 unspecified atom stereocenters. The Morgan fingerprint density at radius 1 is 1.86 bits per heavy atom. The number of hydrogen-bond acceptors (Lipinski definition) is 2. The molecule has 1 aromatic heterocycles. The first kappa shape index (κ1) is 2.26. The third-order valence-corrected chi connectivity index (χ3v) is 1.06. The van der Waals surface area contributed by atoms with Crippen molar-refractivity contribution < 1.29 is 4.11 Å². The van der Waals surface area contributed by atoms with Gasteiger partial charge in [0.1, 0.15) is 0 Å². The number of aromatic amines is 1. The van der Waals surface area contributed by atoms with E-state index in [0.29, 0.717) is 0 Å². The molecule has 0 radical (unpaired) electrons. The number of halogens is 1. The molecule has 38 valence electrons. The molecule has 0 spiro atoms. The van der Waals surface area contributed by atoms with Gasteiger partial charge < -0.3 is 0 Å². The topological polar surface area (TPSA) is 41.6 Å². The molecular weight excluding hydrogens is 158 g/mol. The lowest BCUT2D eigenvalue weighted by Gasteiger charge is -1.71. The molecule has 1 aromatic rings. The molecule has 0 amide bonds. The van der Waals surface area contributed by atoms with Crippen molar-refractivity contribution >= 4 is 15.9 Å². The largest absolute Gasteiger partial charge is 0.197 e. The lowest BCUT2D eigenvalue weighted by atomic mass is 10.6. The Morgan fingerprint density at radius 2 is 2.71 bits per heavy atom. The van der Waals surface area contributed by atoms with Gasteiger partial charge in [-0.15, -0.1) is 5.10 Å². The first-order valence-electron chi connectivity index (χ1n) is 3.08. The van der Waals surface area contributed by atoms with Crippen molar-refractivity contribution in [2.75, 3.05) is 0 Å². The van der Waals surface area contributed by atoms with E-state index >= 15 is 0 Å². The molecule has 0 aliphatic rings. The van der Waals surface area contributed by atoms with Crippen LogP contribution in [0.2, 0.25) is 0 Å². The van der Waals surface area contributed by atoms with Gasteiger partial charge in [-0.1, -0.05) is 0 Å². The number of aromatic nitrogens is 3. The average molecular weight is 165 g/mol. The Bertz CT molecular complexity index is 229. The van der Waals surface area contributed by atoms with E-state index in [1.54, 1.807) is 0 Å². The first-order valence-corrected chi connectivity index (χ1v) is 2.38. The van der Waals surface area contributed by atoms with Crippen LogP contribution in [0.25, 0.3) is 0 Å². The fourth-order valence-corrected chi connectivity index (χ4v) is 0.386. The van der Waals surface area contributed by atoms with Gasteiger partial charge in [-0.3, -0.25) is 0 Å². The summed E-state index contributed by atoms with van der Waals surface area (Å²) in [5.74, 6) is 0. The molecule has 0 fully saturated rings. The van der Waals surface area contributed by atoms with Gasteiger partial charge >= 0.3 is 0 Å². The Balaban J connectivity index is 3.05. The van der Waals surface area contributed by atoms with Crippen LogP contribution in [0.5, 0.6) is 0 Å². The van der Waals surface area contributed by atoms with Crippen molar-refractivity contribution in [2.45, 2.75) is 6.85 Å². The zero-order chi connectivity index (χ0) is 7.78. The smallest absolute Gasteiger partial charge is 0.151 e. The summed E-state index contributed by atoms with van der Waals surface area (Å²) in [6.07, 6.45) is 0. The molecule has 0 bridgehead atoms. The highest BCUT2D eigenvalue weighted by atomic mass is 79.9. The summed E-state index contributed by atoms with van der Waals surface area (Å²) in [6.45, 7) is -2.19. The van der Waals surface area contributed by atoms with Gasteiger partial charge in [-0.05, 0) is 22.8 Å². The molecule has 1 heterocycles. The molecular formula is C3H4BrN3. The maximum atomic E-state index is 6.91. The molecule has 3 nitrogen and oxygen atoms in total. The molecule has 1 rings (SSSR count). The maximum absolute atomic E-state index is 6.91.